The zero-order chi connectivity index (χ0) is 22.2. The van der Waals surface area contributed by atoms with Gasteiger partial charge in [0.1, 0.15) is 22.4 Å². The minimum absolute atomic E-state index is 0.00862. The third-order valence-electron chi connectivity index (χ3n) is 6.08. The normalized spacial score (nSPS) is 25.4. The molecule has 2 aliphatic rings. The molecule has 5 heteroatoms. The van der Waals surface area contributed by atoms with Gasteiger partial charge in [0.25, 0.3) is 0 Å². The minimum Gasteiger partial charge on any atom is -0.508 e. The van der Waals surface area contributed by atoms with Crippen molar-refractivity contribution in [3.05, 3.63) is 95.6 Å². The number of hydrogen-bond donors (Lipinski definition) is 1. The molecule has 0 aliphatic heterocycles. The van der Waals surface area contributed by atoms with Gasteiger partial charge in [0, 0.05) is 23.5 Å². The van der Waals surface area contributed by atoms with E-state index in [0.717, 1.165) is 11.1 Å². The number of phenols is 1. The highest BCUT2D eigenvalue weighted by atomic mass is 79.9. The molecule has 1 N–H and O–H groups in total. The molecule has 0 bridgehead atoms. The predicted octanol–water partition coefficient (Wildman–Crippen LogP) is 5.42. The summed E-state index contributed by atoms with van der Waals surface area (Å²) in [7, 11) is 0. The topological polar surface area (TPSA) is 63.6 Å². The van der Waals surface area contributed by atoms with Crippen molar-refractivity contribution in [2.45, 2.75) is 30.2 Å². The minimum atomic E-state index is -1.16. The van der Waals surface area contributed by atoms with Gasteiger partial charge in [0.05, 0.1) is 0 Å². The number of phenolic OH excluding ortho intramolecular Hbond substituents is 1. The van der Waals surface area contributed by atoms with Crippen molar-refractivity contribution in [2.75, 3.05) is 0 Å². The van der Waals surface area contributed by atoms with Crippen molar-refractivity contribution in [3.63, 3.8) is 0 Å². The van der Waals surface area contributed by atoms with Crippen LogP contribution >= 0.6 is 15.9 Å². The summed E-state index contributed by atoms with van der Waals surface area (Å²) in [5.74, 6) is -0.778. The van der Waals surface area contributed by atoms with Gasteiger partial charge < -0.3 is 9.84 Å². The molecule has 2 aromatic rings. The Morgan fingerprint density at radius 3 is 2.65 bits per heavy atom. The summed E-state index contributed by atoms with van der Waals surface area (Å²) in [6.45, 7) is 5.94. The quantitative estimate of drug-likeness (QED) is 0.582. The van der Waals surface area contributed by atoms with E-state index >= 15 is 0 Å². The molecule has 4 rings (SSSR count). The highest BCUT2D eigenvalue weighted by molar-refractivity contribution is 9.10. The first-order valence-electron chi connectivity index (χ1n) is 10.1. The number of alkyl halides is 1. The summed E-state index contributed by atoms with van der Waals surface area (Å²) in [5.41, 5.74) is 2.84. The van der Waals surface area contributed by atoms with Crippen molar-refractivity contribution in [3.8, 4) is 11.5 Å². The first-order chi connectivity index (χ1) is 14.9. The number of carbonyl (C=O) groups excluding carboxylic acids is 2. The Labute approximate surface area is 190 Å². The maximum atomic E-state index is 13.1. The molecular weight excluding hydrogens is 456 g/mol. The molecular formula is C26H23BrO4. The van der Waals surface area contributed by atoms with Gasteiger partial charge in [0.15, 0.2) is 11.6 Å². The first-order valence-corrected chi connectivity index (χ1v) is 10.9. The molecule has 3 unspecified atom stereocenters. The van der Waals surface area contributed by atoms with Gasteiger partial charge in [-0.2, -0.15) is 0 Å². The van der Waals surface area contributed by atoms with Crippen LogP contribution in [-0.2, 0) is 16.2 Å². The van der Waals surface area contributed by atoms with E-state index in [0.29, 0.717) is 29.9 Å². The molecule has 3 atom stereocenters. The lowest BCUT2D eigenvalue weighted by Crippen LogP contribution is -2.52. The summed E-state index contributed by atoms with van der Waals surface area (Å²) in [6, 6.07) is 14.8. The number of rotatable bonds is 5. The summed E-state index contributed by atoms with van der Waals surface area (Å²) in [4.78, 5) is 26.0. The number of carbonyl (C=O) groups is 2. The van der Waals surface area contributed by atoms with E-state index in [1.165, 1.54) is 6.08 Å². The predicted molar refractivity (Wildman–Crippen MR) is 123 cm³/mol. The zero-order valence-corrected chi connectivity index (χ0v) is 18.8. The Kier molecular flexibility index (Phi) is 5.71. The van der Waals surface area contributed by atoms with Gasteiger partial charge in [0.2, 0.25) is 0 Å². The number of fused-ring (bicyclic) bond motifs is 1. The molecule has 31 heavy (non-hydrogen) atoms. The van der Waals surface area contributed by atoms with Crippen LogP contribution in [0.1, 0.15) is 30.4 Å². The Morgan fingerprint density at radius 1 is 1.23 bits per heavy atom. The van der Waals surface area contributed by atoms with E-state index in [-0.39, 0.29) is 17.3 Å². The van der Waals surface area contributed by atoms with E-state index in [9.17, 15) is 14.7 Å². The fourth-order valence-electron chi connectivity index (χ4n) is 4.46. The average Bonchev–Trinajstić information content (AvgIpc) is 2.77. The molecule has 0 radical (unpaired) electrons. The van der Waals surface area contributed by atoms with E-state index < -0.39 is 16.2 Å². The number of Topliss-reactive ketones (excluding diaryl/α,β-unsaturated/α-hetero) is 1. The van der Waals surface area contributed by atoms with E-state index in [2.05, 4.69) is 22.5 Å². The Bertz CT molecular complexity index is 1120. The second-order valence-corrected chi connectivity index (χ2v) is 9.26. The van der Waals surface area contributed by atoms with Crippen molar-refractivity contribution < 1.29 is 19.4 Å². The van der Waals surface area contributed by atoms with Crippen LogP contribution in [-0.4, -0.2) is 21.0 Å². The maximum Gasteiger partial charge on any atom is 0.174 e. The molecule has 0 aromatic heterocycles. The summed E-state index contributed by atoms with van der Waals surface area (Å²) < 4.78 is 4.65. The second-order valence-electron chi connectivity index (χ2n) is 7.95. The zero-order valence-electron chi connectivity index (χ0n) is 17.2. The van der Waals surface area contributed by atoms with Crippen molar-refractivity contribution in [2.24, 2.45) is 5.92 Å². The fraction of sp³-hybridized carbons (Fsp3) is 0.231. The number of ether oxygens (including phenoxy) is 1. The SMILES string of the molecule is C=CC1=CCC2C(=O)C(C)=CC(=O)C2(Br)C1c1ccc(OCc2ccccc2)cc1O. The van der Waals surface area contributed by atoms with Crippen LogP contribution in [0, 0.1) is 5.92 Å². The third kappa shape index (κ3) is 3.68. The molecule has 0 heterocycles. The summed E-state index contributed by atoms with van der Waals surface area (Å²) in [6.07, 6.45) is 5.47. The van der Waals surface area contributed by atoms with Crippen LogP contribution in [0.15, 0.2) is 84.5 Å². The average molecular weight is 479 g/mol. The lowest BCUT2D eigenvalue weighted by molar-refractivity contribution is -0.128. The van der Waals surface area contributed by atoms with Crippen molar-refractivity contribution >= 4 is 27.5 Å². The maximum absolute atomic E-state index is 13.1. The number of ketones is 2. The lowest BCUT2D eigenvalue weighted by atomic mass is 9.62. The van der Waals surface area contributed by atoms with Gasteiger partial charge in [-0.05, 0) is 42.2 Å². The van der Waals surface area contributed by atoms with E-state index in [1.54, 1.807) is 31.2 Å². The number of aromatic hydroxyl groups is 1. The van der Waals surface area contributed by atoms with Crippen LogP contribution in [0.2, 0.25) is 0 Å². The molecule has 0 saturated carbocycles. The van der Waals surface area contributed by atoms with Gasteiger partial charge in [-0.15, -0.1) is 0 Å². The third-order valence-corrected chi connectivity index (χ3v) is 7.48. The van der Waals surface area contributed by atoms with Crippen LogP contribution in [0.5, 0.6) is 11.5 Å². The van der Waals surface area contributed by atoms with Gasteiger partial charge in [-0.3, -0.25) is 9.59 Å². The largest absolute Gasteiger partial charge is 0.508 e. The molecule has 2 aliphatic carbocycles. The molecule has 0 saturated heterocycles. The monoisotopic (exact) mass is 478 g/mol. The number of halogens is 1. The van der Waals surface area contributed by atoms with Crippen LogP contribution in [0.3, 0.4) is 0 Å². The highest BCUT2D eigenvalue weighted by Gasteiger charge is 2.56. The molecule has 4 nitrogen and oxygen atoms in total. The molecule has 0 amide bonds. The van der Waals surface area contributed by atoms with Gasteiger partial charge in [-0.1, -0.05) is 71.1 Å². The number of hydrogen-bond acceptors (Lipinski definition) is 4. The second kappa shape index (κ2) is 8.31. The standard InChI is InChI=1S/C26H23BrO4/c1-3-18-9-12-21-25(30)16(2)13-23(29)26(21,27)24(18)20-11-10-19(14-22(20)28)31-15-17-7-5-4-6-8-17/h3-11,13-14,21,24,28H,1,12,15H2,2H3. The van der Waals surface area contributed by atoms with Gasteiger partial charge in [-0.25, -0.2) is 0 Å². The molecule has 0 spiro atoms. The van der Waals surface area contributed by atoms with E-state index in [1.807, 2.05) is 36.4 Å². The molecule has 0 fully saturated rings. The first kappa shape index (κ1) is 21.3. The van der Waals surface area contributed by atoms with E-state index in [4.69, 9.17) is 4.74 Å². The Hall–Kier alpha value is -2.92. The Morgan fingerprint density at radius 2 is 1.97 bits per heavy atom. The molecule has 158 valence electrons. The van der Waals surface area contributed by atoms with Crippen LogP contribution in [0.25, 0.3) is 0 Å². The van der Waals surface area contributed by atoms with Crippen LogP contribution in [0.4, 0.5) is 0 Å². The summed E-state index contributed by atoms with van der Waals surface area (Å²) >= 11 is 3.66. The summed E-state index contributed by atoms with van der Waals surface area (Å²) in [5, 5.41) is 10.9. The highest BCUT2D eigenvalue weighted by Crippen LogP contribution is 2.55. The van der Waals surface area contributed by atoms with Crippen molar-refractivity contribution in [1.82, 2.24) is 0 Å². The molecule has 2 aromatic carbocycles. The van der Waals surface area contributed by atoms with Gasteiger partial charge >= 0.3 is 0 Å². The fourth-order valence-corrected chi connectivity index (χ4v) is 5.48. The number of allylic oxidation sites excluding steroid dienone is 5. The lowest BCUT2D eigenvalue weighted by Gasteiger charge is -2.45. The Balaban J connectivity index is 1.70. The van der Waals surface area contributed by atoms with Crippen LogP contribution < -0.4 is 4.74 Å². The smallest absolute Gasteiger partial charge is 0.174 e. The van der Waals surface area contributed by atoms with Crippen molar-refractivity contribution in [1.29, 1.82) is 0 Å². The number of benzene rings is 2.